The van der Waals surface area contributed by atoms with E-state index in [1.807, 2.05) is 13.8 Å². The molecule has 2 heterocycles. The van der Waals surface area contributed by atoms with Gasteiger partial charge in [0.1, 0.15) is 0 Å². The van der Waals surface area contributed by atoms with E-state index in [0.717, 1.165) is 37.6 Å². The standard InChI is InChI=1S/C14H28N2O/c1-4-16(8-7-14(2,3)17)13-9-11-5-6-12(10-13)15-11/h11-13,15,17H,4-10H2,1-3H3. The number of hydrogen-bond donors (Lipinski definition) is 2. The molecule has 2 saturated heterocycles. The van der Waals surface area contributed by atoms with Gasteiger partial charge in [-0.3, -0.25) is 0 Å². The Kier molecular flexibility index (Phi) is 4.11. The number of nitrogens with zero attached hydrogens (tertiary/aromatic N) is 1. The molecule has 2 aliphatic heterocycles. The van der Waals surface area contributed by atoms with Crippen LogP contribution in [0.5, 0.6) is 0 Å². The minimum absolute atomic E-state index is 0.528. The van der Waals surface area contributed by atoms with Gasteiger partial charge >= 0.3 is 0 Å². The first kappa shape index (κ1) is 13.3. The molecule has 2 unspecified atom stereocenters. The highest BCUT2D eigenvalue weighted by Crippen LogP contribution is 2.30. The highest BCUT2D eigenvalue weighted by molar-refractivity contribution is 4.95. The van der Waals surface area contributed by atoms with Crippen molar-refractivity contribution in [2.75, 3.05) is 13.1 Å². The quantitative estimate of drug-likeness (QED) is 0.768. The summed E-state index contributed by atoms with van der Waals surface area (Å²) in [6.07, 6.45) is 6.21. The largest absolute Gasteiger partial charge is 0.390 e. The third-order valence-corrected chi connectivity index (χ3v) is 4.38. The van der Waals surface area contributed by atoms with Crippen LogP contribution < -0.4 is 5.32 Å². The predicted molar refractivity (Wildman–Crippen MR) is 71.1 cm³/mol. The SMILES string of the molecule is CCN(CCC(C)(C)O)C1CC2CCC(C1)N2. The van der Waals surface area contributed by atoms with Gasteiger partial charge in [0, 0.05) is 24.7 Å². The molecular weight excluding hydrogens is 212 g/mol. The van der Waals surface area contributed by atoms with Crippen molar-refractivity contribution in [3.8, 4) is 0 Å². The molecule has 17 heavy (non-hydrogen) atoms. The molecule has 2 bridgehead atoms. The second kappa shape index (κ2) is 5.25. The Hall–Kier alpha value is -0.120. The monoisotopic (exact) mass is 240 g/mol. The van der Waals surface area contributed by atoms with Crippen molar-refractivity contribution in [2.45, 2.75) is 76.6 Å². The first-order chi connectivity index (χ1) is 7.98. The van der Waals surface area contributed by atoms with Crippen molar-refractivity contribution < 1.29 is 5.11 Å². The number of fused-ring (bicyclic) bond motifs is 2. The number of rotatable bonds is 5. The van der Waals surface area contributed by atoms with Crippen molar-refractivity contribution in [2.24, 2.45) is 0 Å². The van der Waals surface area contributed by atoms with Crippen molar-refractivity contribution in [3.63, 3.8) is 0 Å². The van der Waals surface area contributed by atoms with Gasteiger partial charge in [0.15, 0.2) is 0 Å². The van der Waals surface area contributed by atoms with Gasteiger partial charge in [-0.15, -0.1) is 0 Å². The molecule has 0 aromatic heterocycles. The lowest BCUT2D eigenvalue weighted by molar-refractivity contribution is 0.0462. The molecule has 2 atom stereocenters. The van der Waals surface area contributed by atoms with Crippen LogP contribution in [-0.4, -0.2) is 46.8 Å². The maximum Gasteiger partial charge on any atom is 0.0603 e. The summed E-state index contributed by atoms with van der Waals surface area (Å²) in [6, 6.07) is 2.26. The molecule has 3 heteroatoms. The molecule has 0 amide bonds. The molecule has 2 fully saturated rings. The molecule has 2 N–H and O–H groups in total. The summed E-state index contributed by atoms with van der Waals surface area (Å²) in [7, 11) is 0. The van der Waals surface area contributed by atoms with Gasteiger partial charge in [0.05, 0.1) is 5.60 Å². The molecule has 0 saturated carbocycles. The van der Waals surface area contributed by atoms with Gasteiger partial charge in [0.25, 0.3) is 0 Å². The average molecular weight is 240 g/mol. The van der Waals surface area contributed by atoms with Gasteiger partial charge in [-0.1, -0.05) is 6.92 Å². The molecule has 0 radical (unpaired) electrons. The lowest BCUT2D eigenvalue weighted by atomic mass is 9.97. The van der Waals surface area contributed by atoms with E-state index in [4.69, 9.17) is 0 Å². The van der Waals surface area contributed by atoms with E-state index in [2.05, 4.69) is 17.1 Å². The van der Waals surface area contributed by atoms with E-state index in [-0.39, 0.29) is 0 Å². The minimum atomic E-state index is -0.528. The van der Waals surface area contributed by atoms with Gasteiger partial charge in [0.2, 0.25) is 0 Å². The van der Waals surface area contributed by atoms with Crippen molar-refractivity contribution in [1.82, 2.24) is 10.2 Å². The highest BCUT2D eigenvalue weighted by atomic mass is 16.3. The Morgan fingerprint density at radius 1 is 1.24 bits per heavy atom. The maximum absolute atomic E-state index is 9.84. The third kappa shape index (κ3) is 3.67. The zero-order chi connectivity index (χ0) is 12.5. The molecule has 0 spiro atoms. The zero-order valence-electron chi connectivity index (χ0n) is 11.6. The summed E-state index contributed by atoms with van der Waals surface area (Å²) in [6.45, 7) is 8.21. The molecule has 2 aliphatic rings. The van der Waals surface area contributed by atoms with E-state index in [1.165, 1.54) is 25.7 Å². The minimum Gasteiger partial charge on any atom is -0.390 e. The van der Waals surface area contributed by atoms with Crippen LogP contribution in [0, 0.1) is 0 Å². The van der Waals surface area contributed by atoms with Crippen LogP contribution in [0.15, 0.2) is 0 Å². The summed E-state index contributed by atoms with van der Waals surface area (Å²) in [5, 5.41) is 13.5. The molecule has 0 aliphatic carbocycles. The molecular formula is C14H28N2O. The fourth-order valence-corrected chi connectivity index (χ4v) is 3.34. The third-order valence-electron chi connectivity index (χ3n) is 4.38. The van der Waals surface area contributed by atoms with Crippen LogP contribution in [0.4, 0.5) is 0 Å². The lowest BCUT2D eigenvalue weighted by Crippen LogP contribution is -2.49. The Labute approximate surface area is 106 Å². The van der Waals surface area contributed by atoms with Crippen LogP contribution in [0.3, 0.4) is 0 Å². The fraction of sp³-hybridized carbons (Fsp3) is 1.00. The summed E-state index contributed by atoms with van der Waals surface area (Å²) >= 11 is 0. The number of hydrogen-bond acceptors (Lipinski definition) is 3. The predicted octanol–water partition coefficient (Wildman–Crippen LogP) is 1.75. The second-order valence-electron chi connectivity index (χ2n) is 6.45. The van der Waals surface area contributed by atoms with Crippen LogP contribution in [0.1, 0.15) is 52.9 Å². The van der Waals surface area contributed by atoms with Crippen LogP contribution in [0.2, 0.25) is 0 Å². The summed E-state index contributed by atoms with van der Waals surface area (Å²) in [5.41, 5.74) is -0.528. The van der Waals surface area contributed by atoms with Gasteiger partial charge in [-0.2, -0.15) is 0 Å². The normalized spacial score (nSPS) is 33.4. The van der Waals surface area contributed by atoms with E-state index >= 15 is 0 Å². The molecule has 2 rings (SSSR count). The van der Waals surface area contributed by atoms with Crippen molar-refractivity contribution >= 4 is 0 Å². The summed E-state index contributed by atoms with van der Waals surface area (Å²) < 4.78 is 0. The smallest absolute Gasteiger partial charge is 0.0603 e. The van der Waals surface area contributed by atoms with E-state index in [1.54, 1.807) is 0 Å². The Morgan fingerprint density at radius 2 is 1.82 bits per heavy atom. The maximum atomic E-state index is 9.84. The van der Waals surface area contributed by atoms with E-state index in [0.29, 0.717) is 0 Å². The Balaban J connectivity index is 1.85. The molecule has 0 aromatic carbocycles. The van der Waals surface area contributed by atoms with Gasteiger partial charge in [-0.25, -0.2) is 0 Å². The van der Waals surface area contributed by atoms with Crippen LogP contribution >= 0.6 is 0 Å². The molecule has 3 nitrogen and oxygen atoms in total. The molecule has 100 valence electrons. The zero-order valence-corrected chi connectivity index (χ0v) is 11.6. The Bertz CT molecular complexity index is 237. The van der Waals surface area contributed by atoms with Crippen LogP contribution in [-0.2, 0) is 0 Å². The summed E-state index contributed by atoms with van der Waals surface area (Å²) in [4.78, 5) is 2.57. The van der Waals surface area contributed by atoms with E-state index in [9.17, 15) is 5.11 Å². The molecule has 0 aromatic rings. The highest BCUT2D eigenvalue weighted by Gasteiger charge is 2.35. The van der Waals surface area contributed by atoms with Crippen molar-refractivity contribution in [1.29, 1.82) is 0 Å². The number of piperidine rings is 1. The number of nitrogens with one attached hydrogen (secondary N) is 1. The first-order valence-electron chi connectivity index (χ1n) is 7.20. The van der Waals surface area contributed by atoms with E-state index < -0.39 is 5.60 Å². The van der Waals surface area contributed by atoms with Gasteiger partial charge < -0.3 is 15.3 Å². The van der Waals surface area contributed by atoms with Gasteiger partial charge in [-0.05, 0) is 52.5 Å². The number of aliphatic hydroxyl groups is 1. The topological polar surface area (TPSA) is 35.5 Å². The summed E-state index contributed by atoms with van der Waals surface area (Å²) in [5.74, 6) is 0. The second-order valence-corrected chi connectivity index (χ2v) is 6.45. The average Bonchev–Trinajstić information content (AvgIpc) is 2.57. The fourth-order valence-electron chi connectivity index (χ4n) is 3.34. The first-order valence-corrected chi connectivity index (χ1v) is 7.20. The Morgan fingerprint density at radius 3 is 2.29 bits per heavy atom. The lowest BCUT2D eigenvalue weighted by Gasteiger charge is -2.38. The van der Waals surface area contributed by atoms with Crippen molar-refractivity contribution in [3.05, 3.63) is 0 Å². The van der Waals surface area contributed by atoms with Crippen LogP contribution in [0.25, 0.3) is 0 Å².